The highest BCUT2D eigenvalue weighted by molar-refractivity contribution is 7.05. The first-order valence-electron chi connectivity index (χ1n) is 7.39. The monoisotopic (exact) mass is 287 g/mol. The minimum absolute atomic E-state index is 0.384. The van der Waals surface area contributed by atoms with Gasteiger partial charge in [-0.3, -0.25) is 0 Å². The van der Waals surface area contributed by atoms with Gasteiger partial charge in [0.1, 0.15) is 0 Å². The third-order valence-corrected chi connectivity index (χ3v) is 5.10. The van der Waals surface area contributed by atoms with Gasteiger partial charge in [0, 0.05) is 6.04 Å². The van der Waals surface area contributed by atoms with Gasteiger partial charge in [-0.2, -0.15) is 0 Å². The van der Waals surface area contributed by atoms with E-state index in [9.17, 15) is 0 Å². The van der Waals surface area contributed by atoms with E-state index < -0.39 is 0 Å². The number of aromatic nitrogens is 2. The van der Waals surface area contributed by atoms with Gasteiger partial charge in [-0.25, -0.2) is 0 Å². The lowest BCUT2D eigenvalue weighted by molar-refractivity contribution is 0.454. The SMILES string of the molecule is CCCc1nnsc1C(CC1Cc2ccccc21)NC. The zero-order valence-electron chi connectivity index (χ0n) is 12.1. The van der Waals surface area contributed by atoms with Gasteiger partial charge in [-0.1, -0.05) is 42.1 Å². The highest BCUT2D eigenvalue weighted by atomic mass is 32.1. The summed E-state index contributed by atoms with van der Waals surface area (Å²) in [4.78, 5) is 1.33. The van der Waals surface area contributed by atoms with Gasteiger partial charge in [0.2, 0.25) is 0 Å². The average Bonchev–Trinajstić information content (AvgIpc) is 2.89. The van der Waals surface area contributed by atoms with E-state index in [-0.39, 0.29) is 0 Å². The Hall–Kier alpha value is -1.26. The Bertz CT molecular complexity index is 579. The van der Waals surface area contributed by atoms with Gasteiger partial charge >= 0.3 is 0 Å². The molecule has 1 heterocycles. The van der Waals surface area contributed by atoms with E-state index >= 15 is 0 Å². The van der Waals surface area contributed by atoms with Crippen molar-refractivity contribution in [3.63, 3.8) is 0 Å². The largest absolute Gasteiger partial charge is 0.312 e. The van der Waals surface area contributed by atoms with Gasteiger partial charge in [0.25, 0.3) is 0 Å². The summed E-state index contributed by atoms with van der Waals surface area (Å²) in [6.07, 6.45) is 4.52. The Morgan fingerprint density at radius 3 is 3.00 bits per heavy atom. The third-order valence-electron chi connectivity index (χ3n) is 4.22. The van der Waals surface area contributed by atoms with Crippen molar-refractivity contribution in [3.05, 3.63) is 46.0 Å². The molecule has 1 aromatic carbocycles. The van der Waals surface area contributed by atoms with Crippen molar-refractivity contribution in [1.29, 1.82) is 0 Å². The predicted octanol–water partition coefficient (Wildman–Crippen LogP) is 3.48. The van der Waals surface area contributed by atoms with Crippen molar-refractivity contribution in [2.45, 2.75) is 44.6 Å². The molecular weight excluding hydrogens is 266 g/mol. The van der Waals surface area contributed by atoms with Crippen molar-refractivity contribution in [3.8, 4) is 0 Å². The number of aryl methyl sites for hydroxylation is 1. The highest BCUT2D eigenvalue weighted by Crippen LogP contribution is 2.41. The second kappa shape index (κ2) is 6.02. The molecule has 0 fully saturated rings. The fourth-order valence-corrected chi connectivity index (χ4v) is 3.92. The van der Waals surface area contributed by atoms with Gasteiger partial charge in [0.05, 0.1) is 10.6 Å². The first kappa shape index (κ1) is 13.7. The topological polar surface area (TPSA) is 37.8 Å². The Kier molecular flexibility index (Phi) is 4.13. The highest BCUT2D eigenvalue weighted by Gasteiger charge is 2.29. The number of rotatable bonds is 6. The lowest BCUT2D eigenvalue weighted by Gasteiger charge is -2.32. The van der Waals surface area contributed by atoms with Gasteiger partial charge in [-0.15, -0.1) is 5.10 Å². The summed E-state index contributed by atoms with van der Waals surface area (Å²) in [6.45, 7) is 2.19. The molecule has 0 amide bonds. The van der Waals surface area contributed by atoms with E-state index in [0.29, 0.717) is 12.0 Å². The zero-order chi connectivity index (χ0) is 13.9. The molecule has 2 aromatic rings. The molecule has 2 unspecified atom stereocenters. The van der Waals surface area contributed by atoms with Crippen LogP contribution in [0.3, 0.4) is 0 Å². The molecule has 0 aliphatic heterocycles. The Balaban J connectivity index is 1.74. The number of hydrogen-bond acceptors (Lipinski definition) is 4. The van der Waals surface area contributed by atoms with E-state index in [1.165, 1.54) is 28.1 Å². The maximum absolute atomic E-state index is 4.30. The number of nitrogens with zero attached hydrogens (tertiary/aromatic N) is 2. The third kappa shape index (κ3) is 2.50. The van der Waals surface area contributed by atoms with Crippen LogP contribution in [0.25, 0.3) is 0 Å². The predicted molar refractivity (Wildman–Crippen MR) is 83.2 cm³/mol. The Labute approximate surface area is 124 Å². The van der Waals surface area contributed by atoms with Crippen LogP contribution in [0.1, 0.15) is 53.4 Å². The summed E-state index contributed by atoms with van der Waals surface area (Å²) in [5.41, 5.74) is 4.23. The number of fused-ring (bicyclic) bond motifs is 1. The fourth-order valence-electron chi connectivity index (χ4n) is 3.10. The quantitative estimate of drug-likeness (QED) is 0.884. The molecule has 0 saturated carbocycles. The van der Waals surface area contributed by atoms with Gasteiger partial charge in [0.15, 0.2) is 0 Å². The van der Waals surface area contributed by atoms with E-state index in [0.717, 1.165) is 19.3 Å². The van der Waals surface area contributed by atoms with Crippen LogP contribution < -0.4 is 5.32 Å². The van der Waals surface area contributed by atoms with Crippen LogP contribution in [0, 0.1) is 0 Å². The van der Waals surface area contributed by atoms with Crippen LogP contribution in [0.2, 0.25) is 0 Å². The Morgan fingerprint density at radius 1 is 1.40 bits per heavy atom. The van der Waals surface area contributed by atoms with Crippen LogP contribution in [0.5, 0.6) is 0 Å². The maximum Gasteiger partial charge on any atom is 0.0803 e. The van der Waals surface area contributed by atoms with E-state index in [1.807, 2.05) is 7.05 Å². The first-order chi connectivity index (χ1) is 9.83. The van der Waals surface area contributed by atoms with Crippen molar-refractivity contribution in [1.82, 2.24) is 14.9 Å². The molecule has 2 atom stereocenters. The van der Waals surface area contributed by atoms with Crippen molar-refractivity contribution in [2.75, 3.05) is 7.05 Å². The molecule has 1 aromatic heterocycles. The molecule has 106 valence electrons. The molecule has 1 aliphatic carbocycles. The normalized spacial score (nSPS) is 18.4. The summed E-state index contributed by atoms with van der Waals surface area (Å²) in [5, 5.41) is 7.76. The lowest BCUT2D eigenvalue weighted by atomic mass is 9.74. The van der Waals surface area contributed by atoms with Crippen molar-refractivity contribution in [2.24, 2.45) is 0 Å². The summed E-state index contributed by atoms with van der Waals surface area (Å²) < 4.78 is 4.16. The average molecular weight is 287 g/mol. The number of benzene rings is 1. The fraction of sp³-hybridized carbons (Fsp3) is 0.500. The molecule has 0 spiro atoms. The second-order valence-corrected chi connectivity index (χ2v) is 6.30. The van der Waals surface area contributed by atoms with Crippen LogP contribution >= 0.6 is 11.5 Å². The van der Waals surface area contributed by atoms with E-state index in [2.05, 4.69) is 46.1 Å². The minimum Gasteiger partial charge on any atom is -0.312 e. The molecule has 0 saturated heterocycles. The molecular formula is C16H21N3S. The van der Waals surface area contributed by atoms with Crippen LogP contribution in [0.15, 0.2) is 24.3 Å². The standard InChI is InChI=1S/C16H21N3S/c1-3-6-14-16(20-19-18-14)15(17-2)10-12-9-11-7-4-5-8-13(11)12/h4-5,7-8,12,15,17H,3,6,9-10H2,1-2H3. The number of nitrogens with one attached hydrogen (secondary N) is 1. The smallest absolute Gasteiger partial charge is 0.0803 e. The molecule has 3 nitrogen and oxygen atoms in total. The van der Waals surface area contributed by atoms with Crippen LogP contribution in [-0.4, -0.2) is 16.6 Å². The molecule has 0 radical (unpaired) electrons. The molecule has 1 aliphatic rings. The number of hydrogen-bond donors (Lipinski definition) is 1. The van der Waals surface area contributed by atoms with Gasteiger partial charge in [-0.05, 0) is 54.9 Å². The first-order valence-corrected chi connectivity index (χ1v) is 8.17. The molecule has 4 heteroatoms. The summed E-state index contributed by atoms with van der Waals surface area (Å²) >= 11 is 1.56. The molecule has 1 N–H and O–H groups in total. The van der Waals surface area contributed by atoms with Crippen molar-refractivity contribution < 1.29 is 0 Å². The molecule has 20 heavy (non-hydrogen) atoms. The molecule has 3 rings (SSSR count). The lowest BCUT2D eigenvalue weighted by Crippen LogP contribution is -2.25. The summed E-state index contributed by atoms with van der Waals surface area (Å²) in [6, 6.07) is 9.19. The zero-order valence-corrected chi connectivity index (χ0v) is 12.9. The second-order valence-electron chi connectivity index (χ2n) is 5.51. The van der Waals surface area contributed by atoms with E-state index in [4.69, 9.17) is 0 Å². The maximum atomic E-state index is 4.30. The van der Waals surface area contributed by atoms with Gasteiger partial charge < -0.3 is 5.32 Å². The van der Waals surface area contributed by atoms with Crippen LogP contribution in [0.4, 0.5) is 0 Å². The van der Waals surface area contributed by atoms with Crippen molar-refractivity contribution >= 4 is 11.5 Å². The van der Waals surface area contributed by atoms with Crippen LogP contribution in [-0.2, 0) is 12.8 Å². The summed E-state index contributed by atoms with van der Waals surface area (Å²) in [5.74, 6) is 0.681. The minimum atomic E-state index is 0.384. The van der Waals surface area contributed by atoms with E-state index in [1.54, 1.807) is 11.5 Å². The molecule has 0 bridgehead atoms. The summed E-state index contributed by atoms with van der Waals surface area (Å²) in [7, 11) is 2.05. The Morgan fingerprint density at radius 2 is 2.25 bits per heavy atom.